The molecule has 2 amide bonds. The van der Waals surface area contributed by atoms with Gasteiger partial charge in [0, 0.05) is 44.3 Å². The molecule has 0 aliphatic carbocycles. The van der Waals surface area contributed by atoms with Gasteiger partial charge in [0.1, 0.15) is 0 Å². The van der Waals surface area contributed by atoms with Crippen molar-refractivity contribution in [3.05, 3.63) is 54.4 Å². The summed E-state index contributed by atoms with van der Waals surface area (Å²) in [6.45, 7) is 2.08. The van der Waals surface area contributed by atoms with Crippen molar-refractivity contribution in [3.8, 4) is 0 Å². The van der Waals surface area contributed by atoms with Crippen LogP contribution in [0.3, 0.4) is 0 Å². The summed E-state index contributed by atoms with van der Waals surface area (Å²) in [6, 6.07) is 8.22. The van der Waals surface area contributed by atoms with Gasteiger partial charge in [0.05, 0.1) is 11.3 Å². The molecule has 1 aliphatic heterocycles. The summed E-state index contributed by atoms with van der Waals surface area (Å²) in [7, 11) is 0. The largest absolute Gasteiger partial charge is 0.418 e. The number of carbonyl (C=O) groups excluding carboxylic acids is 1. The van der Waals surface area contributed by atoms with Gasteiger partial charge in [-0.1, -0.05) is 12.1 Å². The molecule has 2 heterocycles. The van der Waals surface area contributed by atoms with Crippen LogP contribution in [0.15, 0.2) is 48.8 Å². The van der Waals surface area contributed by atoms with Gasteiger partial charge in [-0.05, 0) is 24.3 Å². The van der Waals surface area contributed by atoms with Gasteiger partial charge in [-0.2, -0.15) is 13.2 Å². The Morgan fingerprint density at radius 2 is 1.64 bits per heavy atom. The summed E-state index contributed by atoms with van der Waals surface area (Å²) in [5.74, 6) is 0. The highest BCUT2D eigenvalue weighted by atomic mass is 19.4. The van der Waals surface area contributed by atoms with E-state index < -0.39 is 17.8 Å². The molecule has 1 N–H and O–H groups in total. The Balaban J connectivity index is 1.63. The quantitative estimate of drug-likeness (QED) is 0.902. The van der Waals surface area contributed by atoms with E-state index in [4.69, 9.17) is 0 Å². The van der Waals surface area contributed by atoms with E-state index in [0.717, 1.165) is 11.8 Å². The molecule has 0 unspecified atom stereocenters. The van der Waals surface area contributed by atoms with E-state index in [1.165, 1.54) is 23.1 Å². The molecule has 0 radical (unpaired) electrons. The van der Waals surface area contributed by atoms with Crippen LogP contribution < -0.4 is 10.2 Å². The van der Waals surface area contributed by atoms with Crippen LogP contribution in [0.5, 0.6) is 0 Å². The normalized spacial score (nSPS) is 15.2. The highest BCUT2D eigenvalue weighted by molar-refractivity contribution is 5.90. The molecule has 0 saturated carbocycles. The Bertz CT molecular complexity index is 728. The average Bonchev–Trinajstić information content (AvgIpc) is 2.62. The predicted octanol–water partition coefficient (Wildman–Crippen LogP) is 3.45. The molecule has 0 spiro atoms. The number of hydrogen-bond donors (Lipinski definition) is 1. The number of carbonyl (C=O) groups is 1. The molecule has 132 valence electrons. The third-order valence-corrected chi connectivity index (χ3v) is 4.07. The van der Waals surface area contributed by atoms with Crippen LogP contribution in [0.1, 0.15) is 5.56 Å². The summed E-state index contributed by atoms with van der Waals surface area (Å²) in [6.07, 6.45) is -1.12. The van der Waals surface area contributed by atoms with Gasteiger partial charge in [0.2, 0.25) is 0 Å². The maximum atomic E-state index is 13.0. The molecule has 0 bridgehead atoms. The molecule has 5 nitrogen and oxygen atoms in total. The second kappa shape index (κ2) is 7.00. The maximum Gasteiger partial charge on any atom is 0.418 e. The van der Waals surface area contributed by atoms with Crippen LogP contribution in [0, 0.1) is 0 Å². The molecule has 3 rings (SSSR count). The van der Waals surface area contributed by atoms with E-state index in [9.17, 15) is 18.0 Å². The third kappa shape index (κ3) is 4.01. The maximum absolute atomic E-state index is 13.0. The molecular formula is C17H17F3N4O. The molecule has 1 aliphatic rings. The summed E-state index contributed by atoms with van der Waals surface area (Å²) in [4.78, 5) is 19.9. The zero-order chi connectivity index (χ0) is 17.9. The first kappa shape index (κ1) is 17.1. The summed E-state index contributed by atoms with van der Waals surface area (Å²) in [5.41, 5.74) is -0.0622. The Morgan fingerprint density at radius 1 is 1.00 bits per heavy atom. The number of halogens is 3. The van der Waals surface area contributed by atoms with E-state index in [-0.39, 0.29) is 5.69 Å². The summed E-state index contributed by atoms with van der Waals surface area (Å²) < 4.78 is 39.0. The van der Waals surface area contributed by atoms with Gasteiger partial charge in [-0.25, -0.2) is 4.79 Å². The number of anilines is 2. The topological polar surface area (TPSA) is 48.5 Å². The third-order valence-electron chi connectivity index (χ3n) is 4.07. The minimum absolute atomic E-state index is 0.225. The first-order chi connectivity index (χ1) is 11.9. The number of alkyl halides is 3. The fraction of sp³-hybridized carbons (Fsp3) is 0.294. The first-order valence-electron chi connectivity index (χ1n) is 7.82. The summed E-state index contributed by atoms with van der Waals surface area (Å²) >= 11 is 0. The van der Waals surface area contributed by atoms with Crippen molar-refractivity contribution in [2.45, 2.75) is 6.18 Å². The number of aromatic nitrogens is 1. The average molecular weight is 350 g/mol. The highest BCUT2D eigenvalue weighted by Crippen LogP contribution is 2.34. The molecule has 25 heavy (non-hydrogen) atoms. The van der Waals surface area contributed by atoms with Crippen LogP contribution in [-0.4, -0.2) is 42.1 Å². The Hall–Kier alpha value is -2.77. The number of rotatable bonds is 2. The number of para-hydroxylation sites is 1. The Kier molecular flexibility index (Phi) is 4.78. The number of pyridine rings is 1. The number of amides is 2. The second-order valence-corrected chi connectivity index (χ2v) is 5.65. The van der Waals surface area contributed by atoms with Crippen LogP contribution in [-0.2, 0) is 6.18 Å². The van der Waals surface area contributed by atoms with Crippen molar-refractivity contribution < 1.29 is 18.0 Å². The molecule has 1 aromatic carbocycles. The Morgan fingerprint density at radius 3 is 2.28 bits per heavy atom. The lowest BCUT2D eigenvalue weighted by Crippen LogP contribution is -2.50. The lowest BCUT2D eigenvalue weighted by molar-refractivity contribution is -0.136. The molecule has 2 aromatic rings. The highest BCUT2D eigenvalue weighted by Gasteiger charge is 2.34. The van der Waals surface area contributed by atoms with Crippen molar-refractivity contribution in [3.63, 3.8) is 0 Å². The van der Waals surface area contributed by atoms with Crippen molar-refractivity contribution in [2.75, 3.05) is 36.4 Å². The number of urea groups is 1. The molecule has 0 atom stereocenters. The minimum atomic E-state index is -4.51. The lowest BCUT2D eigenvalue weighted by atomic mass is 10.1. The van der Waals surface area contributed by atoms with Crippen LogP contribution in [0.4, 0.5) is 29.3 Å². The lowest BCUT2D eigenvalue weighted by Gasteiger charge is -2.36. The Labute approximate surface area is 143 Å². The van der Waals surface area contributed by atoms with Crippen LogP contribution in [0.25, 0.3) is 0 Å². The molecule has 8 heteroatoms. The molecule has 1 fully saturated rings. The zero-order valence-corrected chi connectivity index (χ0v) is 13.3. The van der Waals surface area contributed by atoms with Gasteiger partial charge < -0.3 is 15.1 Å². The van der Waals surface area contributed by atoms with Crippen LogP contribution in [0.2, 0.25) is 0 Å². The number of benzene rings is 1. The second-order valence-electron chi connectivity index (χ2n) is 5.65. The molecule has 1 aromatic heterocycles. The number of hydrogen-bond acceptors (Lipinski definition) is 3. The summed E-state index contributed by atoms with van der Waals surface area (Å²) in [5, 5.41) is 2.38. The van der Waals surface area contributed by atoms with Crippen LogP contribution >= 0.6 is 0 Å². The van der Waals surface area contributed by atoms with Crippen molar-refractivity contribution >= 4 is 17.4 Å². The van der Waals surface area contributed by atoms with Gasteiger partial charge in [-0.15, -0.1) is 0 Å². The number of nitrogens with one attached hydrogen (secondary N) is 1. The predicted molar refractivity (Wildman–Crippen MR) is 88.5 cm³/mol. The fourth-order valence-electron chi connectivity index (χ4n) is 2.76. The van der Waals surface area contributed by atoms with Crippen molar-refractivity contribution in [2.24, 2.45) is 0 Å². The van der Waals surface area contributed by atoms with Crippen molar-refractivity contribution in [1.29, 1.82) is 0 Å². The molecular weight excluding hydrogens is 333 g/mol. The van der Waals surface area contributed by atoms with E-state index >= 15 is 0 Å². The van der Waals surface area contributed by atoms with Gasteiger partial charge >= 0.3 is 12.2 Å². The van der Waals surface area contributed by atoms with Crippen molar-refractivity contribution in [1.82, 2.24) is 9.88 Å². The zero-order valence-electron chi connectivity index (χ0n) is 13.3. The smallest absolute Gasteiger partial charge is 0.368 e. The van der Waals surface area contributed by atoms with Gasteiger partial charge in [-0.3, -0.25) is 4.98 Å². The fourth-order valence-corrected chi connectivity index (χ4v) is 2.76. The van der Waals surface area contributed by atoms with Gasteiger partial charge in [0.15, 0.2) is 0 Å². The monoisotopic (exact) mass is 350 g/mol. The number of piperazine rings is 1. The first-order valence-corrected chi connectivity index (χ1v) is 7.82. The standard InChI is InChI=1S/C17H17F3N4O/c18-17(19,20)14-3-1-2-4-15(14)22-16(25)24-11-9-23(10-12-24)13-5-7-21-8-6-13/h1-8H,9-12H2,(H,22,25). The van der Waals surface area contributed by atoms with Gasteiger partial charge in [0.25, 0.3) is 0 Å². The minimum Gasteiger partial charge on any atom is -0.368 e. The molecule has 1 saturated heterocycles. The SMILES string of the molecule is O=C(Nc1ccccc1C(F)(F)F)N1CCN(c2ccncc2)CC1. The van der Waals surface area contributed by atoms with E-state index in [2.05, 4.69) is 15.2 Å². The number of nitrogens with zero attached hydrogens (tertiary/aromatic N) is 3. The van der Waals surface area contributed by atoms with E-state index in [1.807, 2.05) is 12.1 Å². The van der Waals surface area contributed by atoms with E-state index in [1.54, 1.807) is 12.4 Å². The van der Waals surface area contributed by atoms with E-state index in [0.29, 0.717) is 26.2 Å².